The summed E-state index contributed by atoms with van der Waals surface area (Å²) in [5, 5.41) is 0. The summed E-state index contributed by atoms with van der Waals surface area (Å²) in [5.74, 6) is 0. The minimum atomic E-state index is -3.32. The van der Waals surface area contributed by atoms with Crippen molar-refractivity contribution in [1.82, 2.24) is 0 Å². The molecule has 0 aliphatic carbocycles. The van der Waals surface area contributed by atoms with Crippen LogP contribution in [0.2, 0.25) is 0 Å². The van der Waals surface area contributed by atoms with Crippen molar-refractivity contribution in [3.63, 3.8) is 0 Å². The molecule has 2 atom stereocenters. The van der Waals surface area contributed by atoms with Crippen molar-refractivity contribution in [3.8, 4) is 11.1 Å². The van der Waals surface area contributed by atoms with Crippen LogP contribution < -0.4 is 0 Å². The third-order valence-electron chi connectivity index (χ3n) is 10.6. The first-order valence-electron chi connectivity index (χ1n) is 19.2. The van der Waals surface area contributed by atoms with Gasteiger partial charge in [0.1, 0.15) is 19.5 Å². The number of fused-ring (bicyclic) bond motifs is 2. The minimum absolute atomic E-state index is 0.601. The molecule has 8 aromatic rings. The molecule has 58 heavy (non-hydrogen) atoms. The molecule has 0 N–H and O–H groups in total. The van der Waals surface area contributed by atoms with E-state index in [9.17, 15) is 0 Å². The lowest BCUT2D eigenvalue weighted by Crippen LogP contribution is -2.14. The Balaban J connectivity index is 1.40. The Morgan fingerprint density at radius 3 is 1.00 bits per heavy atom. The van der Waals surface area contributed by atoms with Crippen LogP contribution in [0.3, 0.4) is 0 Å². The second kappa shape index (κ2) is 14.6. The van der Waals surface area contributed by atoms with Crippen LogP contribution in [0.1, 0.15) is 33.4 Å². The van der Waals surface area contributed by atoms with E-state index in [2.05, 4.69) is 66.7 Å². The molecule has 2 aliphatic rings. The predicted octanol–water partition coefficient (Wildman–Crippen LogP) is 13.5. The molecule has 2 aliphatic heterocycles. The van der Waals surface area contributed by atoms with Crippen LogP contribution in [0, 0.1) is 0 Å². The first kappa shape index (κ1) is 35.5. The zero-order valence-corrected chi connectivity index (χ0v) is 32.9. The van der Waals surface area contributed by atoms with E-state index >= 15 is 8.42 Å². The number of hydrogen-bond acceptors (Lipinski definition) is 4. The Labute approximate surface area is 339 Å². The zero-order chi connectivity index (χ0) is 39.1. The van der Waals surface area contributed by atoms with Crippen LogP contribution >= 0.6 is 0 Å². The van der Waals surface area contributed by atoms with Crippen LogP contribution in [0.5, 0.6) is 0 Å². The minimum Gasteiger partial charge on any atom is -0.239 e. The fourth-order valence-corrected chi connectivity index (χ4v) is 12.7. The lowest BCUT2D eigenvalue weighted by Gasteiger charge is -2.28. The Bertz CT molecular complexity index is 2980. The lowest BCUT2D eigenvalue weighted by atomic mass is 9.90. The van der Waals surface area contributed by atoms with Crippen molar-refractivity contribution in [2.45, 2.75) is 9.79 Å². The molecule has 0 spiro atoms. The van der Waals surface area contributed by atoms with E-state index < -0.39 is 19.5 Å². The summed E-state index contributed by atoms with van der Waals surface area (Å²) in [6.07, 6.45) is 0. The van der Waals surface area contributed by atoms with Crippen molar-refractivity contribution in [3.05, 3.63) is 252 Å². The monoisotopic (exact) mass is 784 g/mol. The van der Waals surface area contributed by atoms with Gasteiger partial charge in [-0.05, 0) is 88.0 Å². The molecule has 2 unspecified atom stereocenters. The molecule has 0 aromatic heterocycles. The zero-order valence-electron chi connectivity index (χ0n) is 31.3. The second-order valence-corrected chi connectivity index (χ2v) is 18.4. The molecular formula is C52H36N2O2S2. The summed E-state index contributed by atoms with van der Waals surface area (Å²) in [6, 6.07) is 71.8. The van der Waals surface area contributed by atoms with Crippen LogP contribution in [0.4, 0.5) is 11.4 Å². The van der Waals surface area contributed by atoms with E-state index in [1.54, 1.807) is 0 Å². The van der Waals surface area contributed by atoms with Gasteiger partial charge in [-0.15, -0.1) is 0 Å². The van der Waals surface area contributed by atoms with Gasteiger partial charge in [0.15, 0.2) is 0 Å². The van der Waals surface area contributed by atoms with Gasteiger partial charge >= 0.3 is 0 Å². The number of rotatable bonds is 7. The van der Waals surface area contributed by atoms with E-state index in [4.69, 9.17) is 8.73 Å². The fraction of sp³-hybridized carbons (Fsp3) is 0. The molecule has 8 aromatic carbocycles. The smallest absolute Gasteiger partial charge is 0.110 e. The van der Waals surface area contributed by atoms with Gasteiger partial charge in [0.25, 0.3) is 0 Å². The highest BCUT2D eigenvalue weighted by Gasteiger charge is 2.35. The van der Waals surface area contributed by atoms with Crippen molar-refractivity contribution < 1.29 is 8.42 Å². The van der Waals surface area contributed by atoms with Gasteiger partial charge in [-0.2, -0.15) is 8.73 Å². The molecular weight excluding hydrogens is 749 g/mol. The largest absolute Gasteiger partial charge is 0.239 e. The number of benzene rings is 8. The fourth-order valence-electron chi connectivity index (χ4n) is 8.05. The summed E-state index contributed by atoms with van der Waals surface area (Å²) >= 11 is 0. The van der Waals surface area contributed by atoms with Gasteiger partial charge in [-0.1, -0.05) is 164 Å². The Morgan fingerprint density at radius 1 is 0.293 bits per heavy atom. The maximum atomic E-state index is 16.3. The Hall–Kier alpha value is -6.86. The van der Waals surface area contributed by atoms with Crippen molar-refractivity contribution in [2.75, 3.05) is 0 Å². The number of nitrogens with zero attached hydrogens (tertiary/aromatic N) is 2. The summed E-state index contributed by atoms with van der Waals surface area (Å²) in [7, 11) is -6.64. The molecule has 2 heterocycles. The molecule has 0 fully saturated rings. The van der Waals surface area contributed by atoms with Gasteiger partial charge in [-0.3, -0.25) is 0 Å². The highest BCUT2D eigenvalue weighted by atomic mass is 32.2. The van der Waals surface area contributed by atoms with Crippen LogP contribution in [0.15, 0.2) is 237 Å². The average molecular weight is 785 g/mol. The van der Waals surface area contributed by atoms with E-state index in [0.29, 0.717) is 31.0 Å². The normalized spacial score (nSPS) is 18.4. The second-order valence-electron chi connectivity index (χ2n) is 14.2. The Kier molecular flexibility index (Phi) is 8.93. The highest BCUT2D eigenvalue weighted by Crippen LogP contribution is 2.51. The van der Waals surface area contributed by atoms with E-state index in [1.807, 2.05) is 152 Å². The van der Waals surface area contributed by atoms with Gasteiger partial charge < -0.3 is 0 Å². The summed E-state index contributed by atoms with van der Waals surface area (Å²) in [5.41, 5.74) is 9.95. The molecule has 0 radical (unpaired) electrons. The summed E-state index contributed by atoms with van der Waals surface area (Å²) in [6.45, 7) is 0. The SMILES string of the molecule is O=S1(c2ccccc2)=Nc2ccccc2C(c2ccccc2)=C1c1cc(C2=C(c3ccccc3)c3ccccc3N=S2(=O)c2ccccc2)cc(-c2ccccc2)c1. The molecule has 0 bridgehead atoms. The van der Waals surface area contributed by atoms with Gasteiger partial charge in [0.05, 0.1) is 31.0 Å². The van der Waals surface area contributed by atoms with Crippen molar-refractivity contribution in [2.24, 2.45) is 8.73 Å². The molecule has 278 valence electrons. The lowest BCUT2D eigenvalue weighted by molar-refractivity contribution is 0.682. The molecule has 10 rings (SSSR count). The average Bonchev–Trinajstić information content (AvgIpc) is 3.29. The third kappa shape index (κ3) is 6.06. The van der Waals surface area contributed by atoms with Crippen molar-refractivity contribution in [1.29, 1.82) is 0 Å². The van der Waals surface area contributed by atoms with Crippen LogP contribution in [-0.2, 0) is 19.5 Å². The standard InChI is InChI=1S/C52H36N2O2S2/c55-57(43-26-12-4-13-27-43)51(49(38-22-8-2-9-23-38)45-30-16-18-32-47(45)53-57)41-34-40(37-20-6-1-7-21-37)35-42(36-41)52-50(39-24-10-3-11-25-39)46-31-17-19-33-48(46)54-58(52,56)44-28-14-5-15-29-44/h1-36H. The Morgan fingerprint density at radius 2 is 0.603 bits per heavy atom. The molecule has 0 saturated carbocycles. The van der Waals surface area contributed by atoms with E-state index in [-0.39, 0.29) is 0 Å². The maximum absolute atomic E-state index is 16.3. The molecule has 6 heteroatoms. The van der Waals surface area contributed by atoms with Gasteiger partial charge in [0.2, 0.25) is 0 Å². The van der Waals surface area contributed by atoms with E-state index in [0.717, 1.165) is 55.7 Å². The highest BCUT2D eigenvalue weighted by molar-refractivity contribution is 8.03. The molecule has 0 amide bonds. The first-order valence-corrected chi connectivity index (χ1v) is 22.2. The third-order valence-corrected chi connectivity index (χ3v) is 15.3. The van der Waals surface area contributed by atoms with Gasteiger partial charge in [-0.25, -0.2) is 8.42 Å². The molecule has 0 saturated heterocycles. The topological polar surface area (TPSA) is 58.9 Å². The van der Waals surface area contributed by atoms with Gasteiger partial charge in [0, 0.05) is 22.3 Å². The predicted molar refractivity (Wildman–Crippen MR) is 239 cm³/mol. The quantitative estimate of drug-likeness (QED) is 0.162. The van der Waals surface area contributed by atoms with E-state index in [1.165, 1.54) is 0 Å². The summed E-state index contributed by atoms with van der Waals surface area (Å²) < 4.78 is 43.0. The number of hydrogen-bond donors (Lipinski definition) is 0. The van der Waals surface area contributed by atoms with Crippen LogP contribution in [0.25, 0.3) is 32.1 Å². The molecule has 4 nitrogen and oxygen atoms in total. The maximum Gasteiger partial charge on any atom is 0.110 e. The van der Waals surface area contributed by atoms with Crippen LogP contribution in [-0.4, -0.2) is 8.42 Å². The van der Waals surface area contributed by atoms with Crippen molar-refractivity contribution >= 4 is 51.8 Å². The summed E-state index contributed by atoms with van der Waals surface area (Å²) in [4.78, 5) is 2.42. The first-order chi connectivity index (χ1) is 28.5.